The lowest BCUT2D eigenvalue weighted by Gasteiger charge is -2.16. The molecule has 0 aliphatic carbocycles. The van der Waals surface area contributed by atoms with E-state index in [1.807, 2.05) is 26.2 Å². The van der Waals surface area contributed by atoms with E-state index >= 15 is 0 Å². The first-order chi connectivity index (χ1) is 9.99. The highest BCUT2D eigenvalue weighted by Crippen LogP contribution is 2.25. The number of nitrogens with zero attached hydrogens (tertiary/aromatic N) is 1. The number of rotatable bonds is 7. The van der Waals surface area contributed by atoms with Gasteiger partial charge in [0, 0.05) is 11.4 Å². The van der Waals surface area contributed by atoms with E-state index in [0.29, 0.717) is 29.3 Å². The Kier molecular flexibility index (Phi) is 4.98. The van der Waals surface area contributed by atoms with Crippen molar-refractivity contribution < 1.29 is 14.3 Å². The molecule has 1 aromatic carbocycles. The molecular formula is C16H22N2O3. The molecule has 0 radical (unpaired) electrons. The highest BCUT2D eigenvalue weighted by Gasteiger charge is 2.19. The number of hydrogen-bond acceptors (Lipinski definition) is 4. The molecule has 2 rings (SSSR count). The largest absolute Gasteiger partial charge is 0.478 e. The van der Waals surface area contributed by atoms with E-state index in [1.54, 1.807) is 12.1 Å². The molecule has 114 valence electrons. The molecule has 5 nitrogen and oxygen atoms in total. The van der Waals surface area contributed by atoms with Crippen molar-refractivity contribution in [3.63, 3.8) is 0 Å². The van der Waals surface area contributed by atoms with Crippen LogP contribution in [0.1, 0.15) is 29.5 Å². The first kappa shape index (κ1) is 15.5. The molecule has 21 heavy (non-hydrogen) atoms. The van der Waals surface area contributed by atoms with Gasteiger partial charge in [-0.1, -0.05) is 18.2 Å². The van der Waals surface area contributed by atoms with Crippen LogP contribution in [0.15, 0.2) is 28.7 Å². The summed E-state index contributed by atoms with van der Waals surface area (Å²) in [6.07, 6.45) is 0.996. The van der Waals surface area contributed by atoms with E-state index in [9.17, 15) is 9.90 Å². The molecular weight excluding hydrogens is 268 g/mol. The number of para-hydroxylation sites is 1. The van der Waals surface area contributed by atoms with E-state index in [4.69, 9.17) is 4.42 Å². The normalized spacial score (nSPS) is 13.0. The van der Waals surface area contributed by atoms with Crippen molar-refractivity contribution in [1.82, 2.24) is 10.2 Å². The van der Waals surface area contributed by atoms with Gasteiger partial charge >= 0.3 is 5.97 Å². The fraction of sp³-hybridized carbons (Fsp3) is 0.438. The van der Waals surface area contributed by atoms with Crippen molar-refractivity contribution in [3.05, 3.63) is 35.6 Å². The third-order valence-electron chi connectivity index (χ3n) is 3.50. The molecule has 2 aromatic rings. The van der Waals surface area contributed by atoms with Crippen molar-refractivity contribution in [2.75, 3.05) is 20.6 Å². The van der Waals surface area contributed by atoms with Gasteiger partial charge in [0.05, 0.1) is 6.54 Å². The van der Waals surface area contributed by atoms with Gasteiger partial charge in [-0.05, 0) is 40.1 Å². The summed E-state index contributed by atoms with van der Waals surface area (Å²) < 4.78 is 5.68. The second-order valence-corrected chi connectivity index (χ2v) is 5.58. The van der Waals surface area contributed by atoms with Crippen LogP contribution in [0.25, 0.3) is 11.0 Å². The van der Waals surface area contributed by atoms with Crippen LogP contribution in [0.5, 0.6) is 0 Å². The Morgan fingerprint density at radius 2 is 2.10 bits per heavy atom. The number of benzene rings is 1. The lowest BCUT2D eigenvalue weighted by molar-refractivity contribution is 0.0696. The Hall–Kier alpha value is -1.85. The lowest BCUT2D eigenvalue weighted by atomic mass is 10.1. The number of carboxylic acid groups (broad SMARTS) is 1. The predicted molar refractivity (Wildman–Crippen MR) is 82.6 cm³/mol. The first-order valence-electron chi connectivity index (χ1n) is 7.11. The Balaban J connectivity index is 2.11. The van der Waals surface area contributed by atoms with Gasteiger partial charge < -0.3 is 19.7 Å². The number of hydrogen-bond donors (Lipinski definition) is 2. The Labute approximate surface area is 124 Å². The maximum Gasteiger partial charge on any atom is 0.339 e. The minimum atomic E-state index is -0.947. The molecule has 1 unspecified atom stereocenters. The molecule has 0 aliphatic rings. The molecule has 1 aromatic heterocycles. The van der Waals surface area contributed by atoms with Crippen LogP contribution >= 0.6 is 0 Å². The summed E-state index contributed by atoms with van der Waals surface area (Å²) in [5.41, 5.74) is 0.880. The Morgan fingerprint density at radius 3 is 2.76 bits per heavy atom. The quantitative estimate of drug-likeness (QED) is 0.820. The van der Waals surface area contributed by atoms with Crippen molar-refractivity contribution >= 4 is 16.9 Å². The Bertz CT molecular complexity index is 619. The summed E-state index contributed by atoms with van der Waals surface area (Å²) in [6.45, 7) is 3.50. The van der Waals surface area contributed by atoms with Crippen LogP contribution in [0.3, 0.4) is 0 Å². The van der Waals surface area contributed by atoms with E-state index in [-0.39, 0.29) is 5.56 Å². The van der Waals surface area contributed by atoms with Crippen LogP contribution < -0.4 is 5.32 Å². The molecule has 0 saturated heterocycles. The van der Waals surface area contributed by atoms with Gasteiger partial charge in [-0.15, -0.1) is 0 Å². The van der Waals surface area contributed by atoms with E-state index in [0.717, 1.165) is 13.0 Å². The van der Waals surface area contributed by atoms with E-state index < -0.39 is 5.97 Å². The minimum absolute atomic E-state index is 0.262. The van der Waals surface area contributed by atoms with E-state index in [1.165, 1.54) is 0 Å². The van der Waals surface area contributed by atoms with Crippen molar-refractivity contribution in [2.24, 2.45) is 0 Å². The van der Waals surface area contributed by atoms with Crippen LogP contribution in [-0.4, -0.2) is 42.7 Å². The van der Waals surface area contributed by atoms with Crippen LogP contribution in [0.2, 0.25) is 0 Å². The van der Waals surface area contributed by atoms with Crippen molar-refractivity contribution in [1.29, 1.82) is 0 Å². The third-order valence-corrected chi connectivity index (χ3v) is 3.50. The second-order valence-electron chi connectivity index (χ2n) is 5.58. The number of carbonyl (C=O) groups is 1. The number of aromatic carboxylic acids is 1. The topological polar surface area (TPSA) is 65.7 Å². The number of fused-ring (bicyclic) bond motifs is 1. The standard InChI is InChI=1S/C16H22N2O3/c1-11(8-9-18(2)3)17-10-14-15(16(19)20)12-6-4-5-7-13(12)21-14/h4-7,11,17H,8-10H2,1-3H3,(H,19,20). The zero-order valence-electron chi connectivity index (χ0n) is 12.7. The van der Waals surface area contributed by atoms with Gasteiger partial charge in [0.15, 0.2) is 0 Å². The summed E-state index contributed by atoms with van der Waals surface area (Å²) in [5, 5.41) is 13.4. The minimum Gasteiger partial charge on any atom is -0.478 e. The predicted octanol–water partition coefficient (Wildman–Crippen LogP) is 2.56. The third kappa shape index (κ3) is 3.83. The zero-order valence-corrected chi connectivity index (χ0v) is 12.7. The van der Waals surface area contributed by atoms with Crippen LogP contribution in [-0.2, 0) is 6.54 Å². The summed E-state index contributed by atoms with van der Waals surface area (Å²) in [4.78, 5) is 13.6. The molecule has 0 saturated carbocycles. The van der Waals surface area contributed by atoms with Gasteiger partial charge in [-0.25, -0.2) is 4.79 Å². The van der Waals surface area contributed by atoms with Crippen LogP contribution in [0.4, 0.5) is 0 Å². The SMILES string of the molecule is CC(CCN(C)C)NCc1oc2ccccc2c1C(=O)O. The van der Waals surface area contributed by atoms with Gasteiger partial charge in [-0.2, -0.15) is 0 Å². The van der Waals surface area contributed by atoms with Gasteiger partial charge in [0.1, 0.15) is 16.9 Å². The van der Waals surface area contributed by atoms with Crippen molar-refractivity contribution in [2.45, 2.75) is 25.9 Å². The van der Waals surface area contributed by atoms with E-state index in [2.05, 4.69) is 17.1 Å². The van der Waals surface area contributed by atoms with Crippen molar-refractivity contribution in [3.8, 4) is 0 Å². The molecule has 0 bridgehead atoms. The zero-order chi connectivity index (χ0) is 15.4. The lowest BCUT2D eigenvalue weighted by Crippen LogP contribution is -2.29. The number of furan rings is 1. The number of carboxylic acids is 1. The summed E-state index contributed by atoms with van der Waals surface area (Å²) in [7, 11) is 4.07. The van der Waals surface area contributed by atoms with Gasteiger partial charge in [0.25, 0.3) is 0 Å². The first-order valence-corrected chi connectivity index (χ1v) is 7.11. The maximum atomic E-state index is 11.5. The molecule has 1 heterocycles. The summed E-state index contributed by atoms with van der Waals surface area (Å²) >= 11 is 0. The van der Waals surface area contributed by atoms with Gasteiger partial charge in [0.2, 0.25) is 0 Å². The fourth-order valence-corrected chi connectivity index (χ4v) is 2.28. The van der Waals surface area contributed by atoms with Crippen LogP contribution in [0, 0.1) is 0 Å². The maximum absolute atomic E-state index is 11.5. The summed E-state index contributed by atoms with van der Waals surface area (Å²) in [6, 6.07) is 7.53. The smallest absolute Gasteiger partial charge is 0.339 e. The molecule has 0 spiro atoms. The average molecular weight is 290 g/mol. The second kappa shape index (κ2) is 6.74. The molecule has 2 N–H and O–H groups in total. The average Bonchev–Trinajstić information content (AvgIpc) is 2.81. The monoisotopic (exact) mass is 290 g/mol. The van der Waals surface area contributed by atoms with Gasteiger partial charge in [-0.3, -0.25) is 0 Å². The molecule has 1 atom stereocenters. The number of nitrogens with one attached hydrogen (secondary N) is 1. The highest BCUT2D eigenvalue weighted by molar-refractivity contribution is 6.03. The molecule has 0 aliphatic heterocycles. The highest BCUT2D eigenvalue weighted by atomic mass is 16.4. The fourth-order valence-electron chi connectivity index (χ4n) is 2.28. The molecule has 0 amide bonds. The Morgan fingerprint density at radius 1 is 1.38 bits per heavy atom. The molecule has 0 fully saturated rings. The summed E-state index contributed by atoms with van der Waals surface area (Å²) in [5.74, 6) is -0.460. The molecule has 5 heteroatoms.